The molecule has 0 bridgehead atoms. The molecule has 0 atom stereocenters. The van der Waals surface area contributed by atoms with Crippen LogP contribution >= 0.6 is 35.6 Å². The molecule has 1 aromatic carbocycles. The van der Waals surface area contributed by atoms with Crippen LogP contribution in [0, 0.1) is 5.82 Å². The molecule has 0 aliphatic heterocycles. The Morgan fingerprint density at radius 1 is 1.32 bits per heavy atom. The van der Waals surface area contributed by atoms with Gasteiger partial charge in [-0.1, -0.05) is 24.6 Å². The van der Waals surface area contributed by atoms with Gasteiger partial charge < -0.3 is 15.2 Å². The smallest absolute Gasteiger partial charge is 0.191 e. The summed E-state index contributed by atoms with van der Waals surface area (Å²) in [7, 11) is 1.70. The molecule has 0 fully saturated rings. The second-order valence-electron chi connectivity index (χ2n) is 5.17. The van der Waals surface area contributed by atoms with Crippen LogP contribution < -0.4 is 10.6 Å². The van der Waals surface area contributed by atoms with Gasteiger partial charge in [0, 0.05) is 43.7 Å². The summed E-state index contributed by atoms with van der Waals surface area (Å²) in [6.07, 6.45) is 3.05. The molecule has 2 aromatic rings. The first-order valence-corrected chi connectivity index (χ1v) is 8.27. The molecular weight excluding hydrogens is 458 g/mol. The van der Waals surface area contributed by atoms with Gasteiger partial charge in [-0.3, -0.25) is 4.99 Å². The van der Waals surface area contributed by atoms with Gasteiger partial charge in [0.2, 0.25) is 0 Å². The van der Waals surface area contributed by atoms with Crippen LogP contribution in [0.3, 0.4) is 0 Å². The lowest BCUT2D eigenvalue weighted by molar-refractivity contribution is 0.605. The second-order valence-corrected chi connectivity index (χ2v) is 5.58. The first kappa shape index (κ1) is 21.6. The number of hydrogen-bond donors (Lipinski definition) is 2. The fraction of sp³-hybridized carbons (Fsp3) is 0.438. The minimum absolute atomic E-state index is 0. The zero-order valence-corrected chi connectivity index (χ0v) is 17.4. The predicted octanol–water partition coefficient (Wildman–Crippen LogP) is 2.66. The quantitative estimate of drug-likeness (QED) is 0.363. The number of halogens is 3. The number of aryl methyl sites for hydroxylation is 1. The second kappa shape index (κ2) is 11.2. The molecule has 0 spiro atoms. The van der Waals surface area contributed by atoms with Crippen molar-refractivity contribution in [1.29, 1.82) is 0 Å². The standard InChI is InChI=1S/C16H22ClFN6.HI/c1-3-15-23-22-11-24(15)10-9-21-16(19-2)20-8-7-12-13(17)5-4-6-14(12)18;/h4-6,11H,3,7-10H2,1-2H3,(H2,19,20,21);1H. The number of nitrogens with one attached hydrogen (secondary N) is 2. The van der Waals surface area contributed by atoms with Gasteiger partial charge in [-0.15, -0.1) is 34.2 Å². The molecule has 0 aliphatic rings. The summed E-state index contributed by atoms with van der Waals surface area (Å²) in [6.45, 7) is 4.01. The number of hydrogen-bond acceptors (Lipinski definition) is 3. The van der Waals surface area contributed by atoms with Gasteiger partial charge in [-0.2, -0.15) is 0 Å². The van der Waals surface area contributed by atoms with Gasteiger partial charge in [0.15, 0.2) is 5.96 Å². The fourth-order valence-corrected chi connectivity index (χ4v) is 2.59. The summed E-state index contributed by atoms with van der Waals surface area (Å²) < 4.78 is 15.7. The van der Waals surface area contributed by atoms with Crippen LogP contribution in [-0.2, 0) is 19.4 Å². The summed E-state index contributed by atoms with van der Waals surface area (Å²) in [4.78, 5) is 4.15. The normalized spacial score (nSPS) is 11.1. The lowest BCUT2D eigenvalue weighted by atomic mass is 10.1. The van der Waals surface area contributed by atoms with E-state index in [1.54, 1.807) is 25.5 Å². The fourth-order valence-electron chi connectivity index (χ4n) is 2.33. The number of aliphatic imine (C=N–C) groups is 1. The van der Waals surface area contributed by atoms with Crippen LogP contribution in [0.15, 0.2) is 29.5 Å². The molecule has 0 radical (unpaired) electrons. The third kappa shape index (κ3) is 6.43. The molecule has 6 nitrogen and oxygen atoms in total. The van der Waals surface area contributed by atoms with Gasteiger partial charge in [0.25, 0.3) is 0 Å². The highest BCUT2D eigenvalue weighted by Crippen LogP contribution is 2.18. The Labute approximate surface area is 169 Å². The molecule has 9 heteroatoms. The van der Waals surface area contributed by atoms with E-state index in [0.717, 1.165) is 18.8 Å². The summed E-state index contributed by atoms with van der Waals surface area (Å²) >= 11 is 6.02. The summed E-state index contributed by atoms with van der Waals surface area (Å²) in [6, 6.07) is 4.71. The average molecular weight is 481 g/mol. The maximum Gasteiger partial charge on any atom is 0.191 e. The molecule has 0 saturated carbocycles. The number of aromatic nitrogens is 3. The van der Waals surface area contributed by atoms with E-state index in [4.69, 9.17) is 11.6 Å². The zero-order chi connectivity index (χ0) is 17.4. The van der Waals surface area contributed by atoms with Gasteiger partial charge in [0.05, 0.1) is 0 Å². The molecule has 25 heavy (non-hydrogen) atoms. The number of guanidine groups is 1. The van der Waals surface area contributed by atoms with E-state index >= 15 is 0 Å². The van der Waals surface area contributed by atoms with Gasteiger partial charge in [0.1, 0.15) is 18.0 Å². The highest BCUT2D eigenvalue weighted by Gasteiger charge is 2.07. The Morgan fingerprint density at radius 3 is 2.76 bits per heavy atom. The zero-order valence-electron chi connectivity index (χ0n) is 14.3. The average Bonchev–Trinajstić information content (AvgIpc) is 3.03. The first-order valence-electron chi connectivity index (χ1n) is 7.89. The van der Waals surface area contributed by atoms with Crippen molar-refractivity contribution in [2.45, 2.75) is 26.3 Å². The highest BCUT2D eigenvalue weighted by atomic mass is 127. The Morgan fingerprint density at radius 2 is 2.08 bits per heavy atom. The summed E-state index contributed by atoms with van der Waals surface area (Å²) in [5, 5.41) is 14.8. The molecule has 1 aromatic heterocycles. The Balaban J connectivity index is 0.00000312. The Kier molecular flexibility index (Phi) is 9.73. The highest BCUT2D eigenvalue weighted by molar-refractivity contribution is 14.0. The molecule has 0 unspecified atom stereocenters. The van der Waals surface area contributed by atoms with E-state index < -0.39 is 0 Å². The van der Waals surface area contributed by atoms with Crippen LogP contribution in [0.2, 0.25) is 5.02 Å². The van der Waals surface area contributed by atoms with Crippen LogP contribution in [0.5, 0.6) is 0 Å². The van der Waals surface area contributed by atoms with Crippen molar-refractivity contribution in [3.8, 4) is 0 Å². The van der Waals surface area contributed by atoms with Crippen LogP contribution in [0.25, 0.3) is 0 Å². The molecule has 0 saturated heterocycles. The maximum atomic E-state index is 13.7. The Bertz CT molecular complexity index is 671. The lowest BCUT2D eigenvalue weighted by Gasteiger charge is -2.13. The van der Waals surface area contributed by atoms with Gasteiger partial charge in [-0.25, -0.2) is 4.39 Å². The molecule has 2 N–H and O–H groups in total. The van der Waals surface area contributed by atoms with E-state index in [-0.39, 0.29) is 29.8 Å². The van der Waals surface area contributed by atoms with Crippen LogP contribution in [0.4, 0.5) is 4.39 Å². The van der Waals surface area contributed by atoms with Crippen molar-refractivity contribution in [3.63, 3.8) is 0 Å². The minimum atomic E-state index is -0.285. The third-order valence-corrected chi connectivity index (χ3v) is 3.96. The molecule has 0 aliphatic carbocycles. The SMILES string of the molecule is CCc1nncn1CCNC(=NC)NCCc1c(F)cccc1Cl.I. The maximum absolute atomic E-state index is 13.7. The van der Waals surface area contributed by atoms with Crippen molar-refractivity contribution >= 4 is 41.5 Å². The third-order valence-electron chi connectivity index (χ3n) is 3.61. The van der Waals surface area contributed by atoms with Gasteiger partial charge >= 0.3 is 0 Å². The summed E-state index contributed by atoms with van der Waals surface area (Å²) in [5.41, 5.74) is 0.513. The molecule has 2 rings (SSSR count). The van der Waals surface area contributed by atoms with Crippen molar-refractivity contribution in [2.24, 2.45) is 4.99 Å². The largest absolute Gasteiger partial charge is 0.356 e. The monoisotopic (exact) mass is 480 g/mol. The number of rotatable bonds is 7. The number of nitrogens with zero attached hydrogens (tertiary/aromatic N) is 4. The molecule has 138 valence electrons. The van der Waals surface area contributed by atoms with Gasteiger partial charge in [-0.05, 0) is 18.6 Å². The van der Waals surface area contributed by atoms with E-state index in [2.05, 4.69) is 25.8 Å². The predicted molar refractivity (Wildman–Crippen MR) is 109 cm³/mol. The number of benzene rings is 1. The first-order chi connectivity index (χ1) is 11.7. The molecule has 1 heterocycles. The lowest BCUT2D eigenvalue weighted by Crippen LogP contribution is -2.39. The topological polar surface area (TPSA) is 67.1 Å². The van der Waals surface area contributed by atoms with Crippen molar-refractivity contribution < 1.29 is 4.39 Å². The summed E-state index contributed by atoms with van der Waals surface area (Å²) in [5.74, 6) is 1.33. The molecular formula is C16H23ClFIN6. The van der Waals surface area contributed by atoms with E-state index in [1.807, 2.05) is 11.5 Å². The van der Waals surface area contributed by atoms with Crippen molar-refractivity contribution in [2.75, 3.05) is 20.1 Å². The van der Waals surface area contributed by atoms with Crippen LogP contribution in [0.1, 0.15) is 18.3 Å². The molecule has 0 amide bonds. The van der Waals surface area contributed by atoms with Crippen LogP contribution in [-0.4, -0.2) is 40.9 Å². The van der Waals surface area contributed by atoms with E-state index in [0.29, 0.717) is 36.1 Å². The van der Waals surface area contributed by atoms with E-state index in [1.165, 1.54) is 6.07 Å². The van der Waals surface area contributed by atoms with Crippen molar-refractivity contribution in [1.82, 2.24) is 25.4 Å². The minimum Gasteiger partial charge on any atom is -0.356 e. The van der Waals surface area contributed by atoms with E-state index in [9.17, 15) is 4.39 Å². The van der Waals surface area contributed by atoms with Crippen molar-refractivity contribution in [3.05, 3.63) is 46.8 Å². The Hall–Kier alpha value is -1.42.